The lowest BCUT2D eigenvalue weighted by Gasteiger charge is -2.10. The summed E-state index contributed by atoms with van der Waals surface area (Å²) in [6.07, 6.45) is 1.77. The molecule has 1 aliphatic heterocycles. The monoisotopic (exact) mass is 233 g/mol. The van der Waals surface area contributed by atoms with Gasteiger partial charge in [-0.15, -0.1) is 0 Å². The van der Waals surface area contributed by atoms with E-state index in [2.05, 4.69) is 10.4 Å². The zero-order valence-electron chi connectivity index (χ0n) is 8.80. The molecule has 0 amide bonds. The molecule has 0 saturated carbocycles. The first-order chi connectivity index (χ1) is 7.77. The van der Waals surface area contributed by atoms with E-state index in [1.165, 1.54) is 0 Å². The number of nitrogens with zero attached hydrogens (tertiary/aromatic N) is 2. The van der Waals surface area contributed by atoms with Gasteiger partial charge in [0, 0.05) is 24.8 Å². The third kappa shape index (κ3) is 1.32. The fraction of sp³-hybridized carbons (Fsp3) is 0.182. The Morgan fingerprint density at radius 2 is 2.25 bits per heavy atom. The summed E-state index contributed by atoms with van der Waals surface area (Å²) in [7, 11) is 1.82. The zero-order chi connectivity index (χ0) is 11.1. The molecule has 1 unspecified atom stereocenters. The summed E-state index contributed by atoms with van der Waals surface area (Å²) in [5, 5.41) is 8.21. The van der Waals surface area contributed by atoms with Crippen LogP contribution in [0.2, 0.25) is 0 Å². The van der Waals surface area contributed by atoms with Crippen molar-refractivity contribution in [2.24, 2.45) is 7.05 Å². The fourth-order valence-corrected chi connectivity index (χ4v) is 3.30. The molecule has 1 aliphatic rings. The molecule has 1 aromatic carbocycles. The summed E-state index contributed by atoms with van der Waals surface area (Å²) in [6.45, 7) is 0.673. The molecule has 0 fully saturated rings. The zero-order valence-corrected chi connectivity index (χ0v) is 9.62. The van der Waals surface area contributed by atoms with Crippen molar-refractivity contribution in [3.05, 3.63) is 36.0 Å². The average molecular weight is 233 g/mol. The Balaban J connectivity index is 2.20. The first-order valence-electron chi connectivity index (χ1n) is 5.03. The molecule has 0 radical (unpaired) electrons. The largest absolute Gasteiger partial charge is 0.605 e. The number of aromatic nitrogens is 2. The van der Waals surface area contributed by atoms with Crippen molar-refractivity contribution in [1.29, 1.82) is 0 Å². The molecule has 5 heteroatoms. The second kappa shape index (κ2) is 3.54. The number of anilines is 1. The number of nitrogens with one attached hydrogen (secondary N) is 1. The molecule has 2 heterocycles. The van der Waals surface area contributed by atoms with E-state index in [1.54, 1.807) is 10.9 Å². The lowest BCUT2D eigenvalue weighted by atomic mass is 10.3. The van der Waals surface area contributed by atoms with Crippen molar-refractivity contribution in [3.8, 4) is 0 Å². The third-order valence-corrected chi connectivity index (χ3v) is 4.32. The van der Waals surface area contributed by atoms with Crippen LogP contribution in [0.25, 0.3) is 0 Å². The highest BCUT2D eigenvalue weighted by molar-refractivity contribution is 7.91. The van der Waals surface area contributed by atoms with Crippen LogP contribution in [-0.4, -0.2) is 14.3 Å². The van der Waals surface area contributed by atoms with Gasteiger partial charge in [0.1, 0.15) is 0 Å². The van der Waals surface area contributed by atoms with Crippen LogP contribution in [-0.2, 0) is 24.8 Å². The molecule has 0 spiro atoms. The molecular weight excluding hydrogens is 222 g/mol. The number of aryl methyl sites for hydroxylation is 1. The smallest absolute Gasteiger partial charge is 0.253 e. The summed E-state index contributed by atoms with van der Waals surface area (Å²) in [4.78, 5) is 0.824. The SMILES string of the molecule is Cn1ncc2c1[S+]([O-])c1ccccc1NC2. The van der Waals surface area contributed by atoms with Crippen molar-refractivity contribution in [1.82, 2.24) is 9.78 Å². The molecule has 0 saturated heterocycles. The second-order valence-electron chi connectivity index (χ2n) is 3.72. The lowest BCUT2D eigenvalue weighted by molar-refractivity contribution is 0.575. The number of rotatable bonds is 0. The Labute approximate surface area is 96.5 Å². The fourth-order valence-electron chi connectivity index (χ4n) is 1.90. The molecule has 1 aromatic heterocycles. The molecule has 16 heavy (non-hydrogen) atoms. The second-order valence-corrected chi connectivity index (χ2v) is 5.08. The molecule has 1 N–H and O–H groups in total. The summed E-state index contributed by atoms with van der Waals surface area (Å²) in [5.41, 5.74) is 1.94. The van der Waals surface area contributed by atoms with Gasteiger partial charge < -0.3 is 9.87 Å². The predicted octanol–water partition coefficient (Wildman–Crippen LogP) is 1.51. The van der Waals surface area contributed by atoms with Gasteiger partial charge in [-0.1, -0.05) is 12.1 Å². The van der Waals surface area contributed by atoms with Gasteiger partial charge >= 0.3 is 0 Å². The maximum Gasteiger partial charge on any atom is 0.253 e. The maximum absolute atomic E-state index is 12.4. The Morgan fingerprint density at radius 1 is 1.44 bits per heavy atom. The highest BCUT2D eigenvalue weighted by Crippen LogP contribution is 2.32. The van der Waals surface area contributed by atoms with Crippen LogP contribution in [0, 0.1) is 0 Å². The van der Waals surface area contributed by atoms with Gasteiger partial charge in [-0.05, 0) is 12.1 Å². The van der Waals surface area contributed by atoms with Crippen LogP contribution in [0.1, 0.15) is 5.56 Å². The van der Waals surface area contributed by atoms with Crippen LogP contribution >= 0.6 is 0 Å². The topological polar surface area (TPSA) is 52.9 Å². The van der Waals surface area contributed by atoms with Gasteiger partial charge in [-0.3, -0.25) is 0 Å². The highest BCUT2D eigenvalue weighted by atomic mass is 32.2. The van der Waals surface area contributed by atoms with Crippen molar-refractivity contribution < 1.29 is 4.55 Å². The predicted molar refractivity (Wildman–Crippen MR) is 61.7 cm³/mol. The molecule has 1 atom stereocenters. The van der Waals surface area contributed by atoms with E-state index in [9.17, 15) is 4.55 Å². The van der Waals surface area contributed by atoms with E-state index in [0.717, 1.165) is 21.2 Å². The molecule has 0 bridgehead atoms. The summed E-state index contributed by atoms with van der Waals surface area (Å²) in [6, 6.07) is 7.68. The minimum Gasteiger partial charge on any atom is -0.605 e. The van der Waals surface area contributed by atoms with Gasteiger partial charge in [-0.25, -0.2) is 4.68 Å². The quantitative estimate of drug-likeness (QED) is 0.702. The Bertz CT molecular complexity index is 538. The Hall–Kier alpha value is -1.46. The van der Waals surface area contributed by atoms with Crippen molar-refractivity contribution >= 4 is 16.9 Å². The van der Waals surface area contributed by atoms with Crippen LogP contribution < -0.4 is 5.32 Å². The van der Waals surface area contributed by atoms with Crippen molar-refractivity contribution in [2.45, 2.75) is 16.5 Å². The number of fused-ring (bicyclic) bond motifs is 2. The molecule has 82 valence electrons. The van der Waals surface area contributed by atoms with E-state index in [1.807, 2.05) is 31.3 Å². The summed E-state index contributed by atoms with van der Waals surface area (Å²) in [5.74, 6) is 0. The third-order valence-electron chi connectivity index (χ3n) is 2.69. The van der Waals surface area contributed by atoms with Crippen molar-refractivity contribution in [2.75, 3.05) is 5.32 Å². The summed E-state index contributed by atoms with van der Waals surface area (Å²) >= 11 is -1.15. The number of hydrogen-bond acceptors (Lipinski definition) is 3. The molecular formula is C11H11N3OS. The molecule has 4 nitrogen and oxygen atoms in total. The first-order valence-corrected chi connectivity index (χ1v) is 6.18. The van der Waals surface area contributed by atoms with Crippen molar-refractivity contribution in [3.63, 3.8) is 0 Å². The highest BCUT2D eigenvalue weighted by Gasteiger charge is 2.29. The van der Waals surface area contributed by atoms with Gasteiger partial charge in [0.2, 0.25) is 0 Å². The average Bonchev–Trinajstić information content (AvgIpc) is 2.60. The van der Waals surface area contributed by atoms with Gasteiger partial charge in [-0.2, -0.15) is 5.10 Å². The molecule has 2 aromatic rings. The Kier molecular flexibility index (Phi) is 2.15. The first kappa shape index (κ1) is 9.74. The van der Waals surface area contributed by atoms with Crippen LogP contribution in [0.5, 0.6) is 0 Å². The maximum atomic E-state index is 12.4. The van der Waals surface area contributed by atoms with E-state index in [0.29, 0.717) is 6.54 Å². The van der Waals surface area contributed by atoms with Crippen LogP contribution in [0.4, 0.5) is 5.69 Å². The van der Waals surface area contributed by atoms with Gasteiger partial charge in [0.15, 0.2) is 4.90 Å². The van der Waals surface area contributed by atoms with E-state index >= 15 is 0 Å². The lowest BCUT2D eigenvalue weighted by Crippen LogP contribution is -2.09. The standard InChI is InChI=1S/C11H11N3OS/c1-14-11-8(7-13-14)6-12-9-4-2-3-5-10(9)16(11)15/h2-5,7,12H,6H2,1H3. The number of hydrogen-bond donors (Lipinski definition) is 1. The minimum absolute atomic E-state index is 0.673. The van der Waals surface area contributed by atoms with Crippen LogP contribution in [0.15, 0.2) is 40.4 Å². The van der Waals surface area contributed by atoms with Gasteiger partial charge in [0.05, 0.1) is 17.4 Å². The normalized spacial score (nSPS) is 18.2. The van der Waals surface area contributed by atoms with E-state index in [4.69, 9.17) is 0 Å². The Morgan fingerprint density at radius 3 is 3.12 bits per heavy atom. The van der Waals surface area contributed by atoms with E-state index in [-0.39, 0.29) is 0 Å². The number of para-hydroxylation sites is 1. The minimum atomic E-state index is -1.15. The van der Waals surface area contributed by atoms with E-state index < -0.39 is 11.2 Å². The molecule has 0 aliphatic carbocycles. The van der Waals surface area contributed by atoms with Gasteiger partial charge in [0.25, 0.3) is 5.03 Å². The number of benzene rings is 1. The summed E-state index contributed by atoms with van der Waals surface area (Å²) < 4.78 is 14.1. The van der Waals surface area contributed by atoms with Crippen LogP contribution in [0.3, 0.4) is 0 Å². The molecule has 3 rings (SSSR count).